The summed E-state index contributed by atoms with van der Waals surface area (Å²) in [6.07, 6.45) is 0. The summed E-state index contributed by atoms with van der Waals surface area (Å²) < 4.78 is 5.85. The van der Waals surface area contributed by atoms with E-state index in [1.807, 2.05) is 37.3 Å². The van der Waals surface area contributed by atoms with Crippen LogP contribution in [0.2, 0.25) is 0 Å². The number of nitrogens with one attached hydrogen (secondary N) is 1. The van der Waals surface area contributed by atoms with Crippen LogP contribution in [0.1, 0.15) is 16.7 Å². The molecular formula is C19H24N2O2. The summed E-state index contributed by atoms with van der Waals surface area (Å²) in [6.45, 7) is 7.06. The zero-order valence-electron chi connectivity index (χ0n) is 14.2. The van der Waals surface area contributed by atoms with Crippen LogP contribution < -0.4 is 15.0 Å². The van der Waals surface area contributed by atoms with Crippen molar-refractivity contribution in [2.45, 2.75) is 20.8 Å². The summed E-state index contributed by atoms with van der Waals surface area (Å²) in [7, 11) is 1.75. The Morgan fingerprint density at radius 1 is 1.04 bits per heavy atom. The van der Waals surface area contributed by atoms with E-state index in [1.165, 1.54) is 5.56 Å². The molecule has 1 N–H and O–H groups in total. The predicted octanol–water partition coefficient (Wildman–Crippen LogP) is 3.84. The van der Waals surface area contributed by atoms with Crippen molar-refractivity contribution in [1.82, 2.24) is 5.32 Å². The van der Waals surface area contributed by atoms with E-state index in [-0.39, 0.29) is 6.03 Å². The Bertz CT molecular complexity index is 669. The van der Waals surface area contributed by atoms with Crippen molar-refractivity contribution in [3.8, 4) is 5.75 Å². The Kier molecular flexibility index (Phi) is 5.63. The molecule has 0 aliphatic carbocycles. The fraction of sp³-hybridized carbons (Fsp3) is 0.316. The smallest absolute Gasteiger partial charge is 0.321 e. The van der Waals surface area contributed by atoms with Crippen LogP contribution in [0.3, 0.4) is 0 Å². The van der Waals surface area contributed by atoms with Gasteiger partial charge in [0.25, 0.3) is 0 Å². The number of hydrogen-bond donors (Lipinski definition) is 1. The van der Waals surface area contributed by atoms with Crippen LogP contribution in [0.4, 0.5) is 10.5 Å². The summed E-state index contributed by atoms with van der Waals surface area (Å²) in [5, 5.41) is 2.87. The van der Waals surface area contributed by atoms with E-state index < -0.39 is 0 Å². The molecule has 0 fully saturated rings. The maximum Gasteiger partial charge on any atom is 0.321 e. The van der Waals surface area contributed by atoms with Crippen LogP contribution in [0.25, 0.3) is 0 Å². The van der Waals surface area contributed by atoms with Crippen LogP contribution >= 0.6 is 0 Å². The summed E-state index contributed by atoms with van der Waals surface area (Å²) >= 11 is 0. The van der Waals surface area contributed by atoms with Gasteiger partial charge in [-0.15, -0.1) is 0 Å². The molecule has 0 radical (unpaired) electrons. The summed E-state index contributed by atoms with van der Waals surface area (Å²) in [5.41, 5.74) is 4.33. The molecule has 122 valence electrons. The third-order valence-corrected chi connectivity index (χ3v) is 3.95. The van der Waals surface area contributed by atoms with Gasteiger partial charge in [-0.05, 0) is 49.6 Å². The standard InChI is InChI=1S/C19H24N2O2/c1-14-10-11-15(2)18(16(14)3)23-13-12-20-19(22)21(4)17-8-6-5-7-9-17/h5-11H,12-13H2,1-4H3,(H,20,22). The molecule has 0 saturated heterocycles. The van der Waals surface area contributed by atoms with Crippen LogP contribution in [-0.2, 0) is 0 Å². The lowest BCUT2D eigenvalue weighted by Gasteiger charge is -2.18. The average molecular weight is 312 g/mol. The second-order valence-electron chi connectivity index (χ2n) is 5.63. The highest BCUT2D eigenvalue weighted by Gasteiger charge is 2.10. The van der Waals surface area contributed by atoms with Crippen LogP contribution in [0.15, 0.2) is 42.5 Å². The summed E-state index contributed by atoms with van der Waals surface area (Å²) in [4.78, 5) is 13.7. The molecule has 2 aromatic carbocycles. The third-order valence-electron chi connectivity index (χ3n) is 3.95. The van der Waals surface area contributed by atoms with Gasteiger partial charge in [0.15, 0.2) is 0 Å². The molecule has 2 amide bonds. The SMILES string of the molecule is Cc1ccc(C)c(OCCNC(=O)N(C)c2ccccc2)c1C. The van der Waals surface area contributed by atoms with Gasteiger partial charge >= 0.3 is 6.03 Å². The zero-order chi connectivity index (χ0) is 16.8. The number of hydrogen-bond acceptors (Lipinski definition) is 2. The first-order chi connectivity index (χ1) is 11.0. The number of aryl methyl sites for hydroxylation is 2. The Hall–Kier alpha value is -2.49. The van der Waals surface area contributed by atoms with E-state index in [9.17, 15) is 4.79 Å². The van der Waals surface area contributed by atoms with Crippen LogP contribution in [0, 0.1) is 20.8 Å². The molecule has 0 spiro atoms. The fourth-order valence-corrected chi connectivity index (χ4v) is 2.35. The number of ether oxygens (including phenoxy) is 1. The van der Waals surface area contributed by atoms with Gasteiger partial charge < -0.3 is 10.1 Å². The number of urea groups is 1. The second kappa shape index (κ2) is 7.68. The van der Waals surface area contributed by atoms with Crippen molar-refractivity contribution in [2.24, 2.45) is 0 Å². The minimum atomic E-state index is -0.141. The summed E-state index contributed by atoms with van der Waals surface area (Å²) in [6, 6.07) is 13.5. The van der Waals surface area contributed by atoms with Crippen molar-refractivity contribution >= 4 is 11.7 Å². The van der Waals surface area contributed by atoms with Crippen molar-refractivity contribution in [3.05, 3.63) is 59.2 Å². The monoisotopic (exact) mass is 312 g/mol. The van der Waals surface area contributed by atoms with Crippen LogP contribution in [0.5, 0.6) is 5.75 Å². The van der Waals surface area contributed by atoms with Gasteiger partial charge in [-0.2, -0.15) is 0 Å². The first-order valence-corrected chi connectivity index (χ1v) is 7.77. The van der Waals surface area contributed by atoms with Gasteiger partial charge in [0.2, 0.25) is 0 Å². The van der Waals surface area contributed by atoms with Crippen LogP contribution in [-0.4, -0.2) is 26.2 Å². The molecule has 0 saturated carbocycles. The molecule has 4 heteroatoms. The van der Waals surface area contributed by atoms with Gasteiger partial charge in [-0.25, -0.2) is 4.79 Å². The van der Waals surface area contributed by atoms with E-state index in [0.29, 0.717) is 13.2 Å². The second-order valence-corrected chi connectivity index (χ2v) is 5.63. The van der Waals surface area contributed by atoms with Crippen molar-refractivity contribution < 1.29 is 9.53 Å². The van der Waals surface area contributed by atoms with E-state index >= 15 is 0 Å². The van der Waals surface area contributed by atoms with Crippen molar-refractivity contribution in [1.29, 1.82) is 0 Å². The highest BCUT2D eigenvalue weighted by atomic mass is 16.5. The average Bonchev–Trinajstić information content (AvgIpc) is 2.57. The molecule has 0 atom stereocenters. The van der Waals surface area contributed by atoms with E-state index in [1.54, 1.807) is 11.9 Å². The van der Waals surface area contributed by atoms with Gasteiger partial charge in [0.05, 0.1) is 6.54 Å². The van der Waals surface area contributed by atoms with Gasteiger partial charge in [0.1, 0.15) is 12.4 Å². The quantitative estimate of drug-likeness (QED) is 0.852. The largest absolute Gasteiger partial charge is 0.491 e. The maximum absolute atomic E-state index is 12.1. The molecule has 4 nitrogen and oxygen atoms in total. The van der Waals surface area contributed by atoms with Gasteiger partial charge in [0, 0.05) is 12.7 Å². The number of rotatable bonds is 5. The molecule has 0 unspecified atom stereocenters. The van der Waals surface area contributed by atoms with Crippen molar-refractivity contribution in [3.63, 3.8) is 0 Å². The molecule has 2 rings (SSSR count). The Morgan fingerprint density at radius 2 is 1.70 bits per heavy atom. The Morgan fingerprint density at radius 3 is 2.39 bits per heavy atom. The minimum absolute atomic E-state index is 0.141. The predicted molar refractivity (Wildman–Crippen MR) is 94.4 cm³/mol. The molecule has 23 heavy (non-hydrogen) atoms. The maximum atomic E-state index is 12.1. The molecule has 0 bridgehead atoms. The number of nitrogens with zero attached hydrogens (tertiary/aromatic N) is 1. The fourth-order valence-electron chi connectivity index (χ4n) is 2.35. The molecule has 0 aliphatic heterocycles. The number of para-hydroxylation sites is 1. The number of benzene rings is 2. The van der Waals surface area contributed by atoms with Crippen molar-refractivity contribution in [2.75, 3.05) is 25.1 Å². The first-order valence-electron chi connectivity index (χ1n) is 7.77. The van der Waals surface area contributed by atoms with Gasteiger partial charge in [-0.3, -0.25) is 4.90 Å². The Labute approximate surface area is 138 Å². The highest BCUT2D eigenvalue weighted by molar-refractivity contribution is 5.91. The number of amides is 2. The highest BCUT2D eigenvalue weighted by Crippen LogP contribution is 2.25. The zero-order valence-corrected chi connectivity index (χ0v) is 14.2. The van der Waals surface area contributed by atoms with Gasteiger partial charge in [-0.1, -0.05) is 30.3 Å². The topological polar surface area (TPSA) is 41.6 Å². The molecule has 2 aromatic rings. The lowest BCUT2D eigenvalue weighted by atomic mass is 10.1. The Balaban J connectivity index is 1.84. The minimum Gasteiger partial charge on any atom is -0.491 e. The molecule has 0 aromatic heterocycles. The molecule has 0 heterocycles. The lowest BCUT2D eigenvalue weighted by Crippen LogP contribution is -2.39. The van der Waals surface area contributed by atoms with E-state index in [4.69, 9.17) is 4.74 Å². The van der Waals surface area contributed by atoms with E-state index in [0.717, 1.165) is 22.6 Å². The number of carbonyl (C=O) groups excluding carboxylic acids is 1. The molecular weight excluding hydrogens is 288 g/mol. The summed E-state index contributed by atoms with van der Waals surface area (Å²) in [5.74, 6) is 0.913. The molecule has 0 aliphatic rings. The number of anilines is 1. The first kappa shape index (κ1) is 16.9. The lowest BCUT2D eigenvalue weighted by molar-refractivity contribution is 0.242. The number of carbonyl (C=O) groups is 1. The van der Waals surface area contributed by atoms with E-state index in [2.05, 4.69) is 31.3 Å². The third kappa shape index (κ3) is 4.25. The normalized spacial score (nSPS) is 10.3.